The Balaban J connectivity index is 2.57. The van der Waals surface area contributed by atoms with E-state index in [1.165, 1.54) is 16.9 Å². The summed E-state index contributed by atoms with van der Waals surface area (Å²) >= 11 is 1.27. The van der Waals surface area contributed by atoms with E-state index in [0.29, 0.717) is 10.6 Å². The van der Waals surface area contributed by atoms with Gasteiger partial charge in [0.1, 0.15) is 9.88 Å². The van der Waals surface area contributed by atoms with Crippen LogP contribution >= 0.6 is 11.3 Å². The maximum absolute atomic E-state index is 11.3. The Kier molecular flexibility index (Phi) is 4.00. The number of rotatable bonds is 4. The number of aromatic nitrogens is 1. The molecule has 0 unspecified atom stereocenters. The Labute approximate surface area is 116 Å². The Morgan fingerprint density at radius 1 is 1.37 bits per heavy atom. The fourth-order valence-electron chi connectivity index (χ4n) is 2.03. The Morgan fingerprint density at radius 2 is 2.05 bits per heavy atom. The second-order valence-electron chi connectivity index (χ2n) is 4.70. The van der Waals surface area contributed by atoms with Crippen LogP contribution < -0.4 is 0 Å². The van der Waals surface area contributed by atoms with Gasteiger partial charge in [0.05, 0.1) is 5.69 Å². The van der Waals surface area contributed by atoms with Crippen molar-refractivity contribution in [2.24, 2.45) is 0 Å². The summed E-state index contributed by atoms with van der Waals surface area (Å²) in [6, 6.07) is 8.03. The van der Waals surface area contributed by atoms with Gasteiger partial charge in [-0.2, -0.15) is 0 Å². The molecule has 3 nitrogen and oxygen atoms in total. The molecular formula is C15H17NO2S. The number of carbonyl (C=O) groups is 1. The first kappa shape index (κ1) is 13.7. The molecule has 2 rings (SSSR count). The van der Waals surface area contributed by atoms with Gasteiger partial charge in [0.15, 0.2) is 0 Å². The molecule has 0 saturated carbocycles. The highest BCUT2D eigenvalue weighted by molar-refractivity contribution is 7.17. The minimum absolute atomic E-state index is 0.116. The average molecular weight is 275 g/mol. The maximum atomic E-state index is 11.3. The summed E-state index contributed by atoms with van der Waals surface area (Å²) < 4.78 is 0. The molecule has 0 spiro atoms. The van der Waals surface area contributed by atoms with Crippen molar-refractivity contribution in [3.63, 3.8) is 0 Å². The standard InChI is InChI=1S/C15H17NO2S/c1-4-10-7-5-6-8-11(10)14-16-12(9(2)3)13(19-14)15(17)18/h5-9H,4H2,1-3H3,(H,17,18). The molecule has 0 fully saturated rings. The fraction of sp³-hybridized carbons (Fsp3) is 0.333. The lowest BCUT2D eigenvalue weighted by molar-refractivity contribution is 0.0700. The number of carboxylic acid groups (broad SMARTS) is 1. The van der Waals surface area contributed by atoms with Gasteiger partial charge in [-0.25, -0.2) is 9.78 Å². The molecule has 0 radical (unpaired) electrons. The highest BCUT2D eigenvalue weighted by Gasteiger charge is 2.20. The molecule has 1 heterocycles. The van der Waals surface area contributed by atoms with E-state index < -0.39 is 5.97 Å². The predicted molar refractivity (Wildman–Crippen MR) is 78.0 cm³/mol. The molecule has 2 aromatic rings. The molecule has 1 aromatic heterocycles. The van der Waals surface area contributed by atoms with Crippen molar-refractivity contribution in [3.8, 4) is 10.6 Å². The van der Waals surface area contributed by atoms with Gasteiger partial charge in [-0.1, -0.05) is 45.0 Å². The largest absolute Gasteiger partial charge is 0.477 e. The topological polar surface area (TPSA) is 50.2 Å². The van der Waals surface area contributed by atoms with Gasteiger partial charge in [-0.3, -0.25) is 0 Å². The number of carboxylic acids is 1. The first-order chi connectivity index (χ1) is 9.04. The van der Waals surface area contributed by atoms with E-state index in [1.54, 1.807) is 0 Å². The van der Waals surface area contributed by atoms with Crippen molar-refractivity contribution in [1.82, 2.24) is 4.98 Å². The summed E-state index contributed by atoms with van der Waals surface area (Å²) in [5.41, 5.74) is 2.92. The van der Waals surface area contributed by atoms with Crippen LogP contribution in [0.5, 0.6) is 0 Å². The molecule has 1 N–H and O–H groups in total. The minimum Gasteiger partial charge on any atom is -0.477 e. The number of benzene rings is 1. The molecule has 100 valence electrons. The van der Waals surface area contributed by atoms with Gasteiger partial charge in [-0.05, 0) is 17.9 Å². The van der Waals surface area contributed by atoms with Crippen LogP contribution in [0.4, 0.5) is 0 Å². The Morgan fingerprint density at radius 3 is 2.58 bits per heavy atom. The fourth-order valence-corrected chi connectivity index (χ4v) is 3.15. The van der Waals surface area contributed by atoms with Crippen LogP contribution in [0, 0.1) is 0 Å². The van der Waals surface area contributed by atoms with E-state index in [4.69, 9.17) is 0 Å². The van der Waals surface area contributed by atoms with E-state index in [9.17, 15) is 9.90 Å². The molecule has 0 bridgehead atoms. The normalized spacial score (nSPS) is 10.9. The molecule has 0 aliphatic heterocycles. The highest BCUT2D eigenvalue weighted by atomic mass is 32.1. The second kappa shape index (κ2) is 5.53. The summed E-state index contributed by atoms with van der Waals surface area (Å²) in [4.78, 5) is 16.2. The third kappa shape index (κ3) is 2.68. The average Bonchev–Trinajstić information content (AvgIpc) is 2.84. The lowest BCUT2D eigenvalue weighted by Gasteiger charge is -2.04. The van der Waals surface area contributed by atoms with E-state index in [-0.39, 0.29) is 5.92 Å². The zero-order valence-corrected chi connectivity index (χ0v) is 12.1. The zero-order valence-electron chi connectivity index (χ0n) is 11.3. The molecular weight excluding hydrogens is 258 g/mol. The molecule has 19 heavy (non-hydrogen) atoms. The molecule has 1 aromatic carbocycles. The molecule has 0 aliphatic rings. The van der Waals surface area contributed by atoms with Crippen LogP contribution in [-0.2, 0) is 6.42 Å². The lowest BCUT2D eigenvalue weighted by Crippen LogP contribution is -2.00. The first-order valence-corrected chi connectivity index (χ1v) is 7.18. The van der Waals surface area contributed by atoms with Gasteiger partial charge in [-0.15, -0.1) is 11.3 Å². The van der Waals surface area contributed by atoms with Crippen LogP contribution in [0.15, 0.2) is 24.3 Å². The quantitative estimate of drug-likeness (QED) is 0.910. The van der Waals surface area contributed by atoms with Crippen molar-refractivity contribution in [1.29, 1.82) is 0 Å². The van der Waals surface area contributed by atoms with E-state index >= 15 is 0 Å². The molecule has 0 aliphatic carbocycles. The first-order valence-electron chi connectivity index (χ1n) is 6.36. The van der Waals surface area contributed by atoms with E-state index in [1.807, 2.05) is 32.0 Å². The number of hydrogen-bond donors (Lipinski definition) is 1. The molecule has 0 atom stereocenters. The van der Waals surface area contributed by atoms with Crippen LogP contribution in [0.3, 0.4) is 0 Å². The van der Waals surface area contributed by atoms with Crippen LogP contribution in [0.2, 0.25) is 0 Å². The van der Waals surface area contributed by atoms with Crippen LogP contribution in [0.25, 0.3) is 10.6 Å². The van der Waals surface area contributed by atoms with E-state index in [2.05, 4.69) is 18.0 Å². The number of aromatic carboxylic acids is 1. The van der Waals surface area contributed by atoms with Crippen molar-refractivity contribution in [2.75, 3.05) is 0 Å². The summed E-state index contributed by atoms with van der Waals surface area (Å²) in [6.07, 6.45) is 0.912. The number of aryl methyl sites for hydroxylation is 1. The third-order valence-electron chi connectivity index (χ3n) is 3.02. The Bertz CT molecular complexity index is 602. The van der Waals surface area contributed by atoms with Crippen molar-refractivity contribution in [3.05, 3.63) is 40.4 Å². The van der Waals surface area contributed by atoms with Crippen LogP contribution in [0.1, 0.15) is 47.6 Å². The smallest absolute Gasteiger partial charge is 0.347 e. The third-order valence-corrected chi connectivity index (χ3v) is 4.12. The monoisotopic (exact) mass is 275 g/mol. The van der Waals surface area contributed by atoms with Gasteiger partial charge < -0.3 is 5.11 Å². The summed E-state index contributed by atoms with van der Waals surface area (Å²) in [7, 11) is 0. The number of hydrogen-bond acceptors (Lipinski definition) is 3. The van der Waals surface area contributed by atoms with Gasteiger partial charge >= 0.3 is 5.97 Å². The number of thiazole rings is 1. The van der Waals surface area contributed by atoms with Gasteiger partial charge in [0.25, 0.3) is 0 Å². The Hall–Kier alpha value is -1.68. The zero-order chi connectivity index (χ0) is 14.0. The van der Waals surface area contributed by atoms with Crippen molar-refractivity contribution >= 4 is 17.3 Å². The van der Waals surface area contributed by atoms with Crippen molar-refractivity contribution < 1.29 is 9.90 Å². The molecule has 4 heteroatoms. The number of nitrogens with zero attached hydrogens (tertiary/aromatic N) is 1. The minimum atomic E-state index is -0.888. The summed E-state index contributed by atoms with van der Waals surface area (Å²) in [5.74, 6) is -0.772. The summed E-state index contributed by atoms with van der Waals surface area (Å²) in [6.45, 7) is 6.03. The second-order valence-corrected chi connectivity index (χ2v) is 5.70. The SMILES string of the molecule is CCc1ccccc1-c1nc(C(C)C)c(C(=O)O)s1. The summed E-state index contributed by atoms with van der Waals surface area (Å²) in [5, 5.41) is 10.1. The molecule has 0 amide bonds. The van der Waals surface area contributed by atoms with Crippen LogP contribution in [-0.4, -0.2) is 16.1 Å². The maximum Gasteiger partial charge on any atom is 0.347 e. The molecule has 0 saturated heterocycles. The highest BCUT2D eigenvalue weighted by Crippen LogP contribution is 2.33. The van der Waals surface area contributed by atoms with E-state index in [0.717, 1.165) is 17.0 Å². The lowest BCUT2D eigenvalue weighted by atomic mass is 10.1. The predicted octanol–water partition coefficient (Wildman–Crippen LogP) is 4.19. The van der Waals surface area contributed by atoms with Gasteiger partial charge in [0.2, 0.25) is 0 Å². The van der Waals surface area contributed by atoms with Gasteiger partial charge in [0, 0.05) is 5.56 Å². The van der Waals surface area contributed by atoms with Crippen molar-refractivity contribution in [2.45, 2.75) is 33.1 Å².